The zero-order chi connectivity index (χ0) is 25.4. The van der Waals surface area contributed by atoms with Gasteiger partial charge in [0, 0.05) is 10.7 Å². The number of rotatable bonds is 5. The van der Waals surface area contributed by atoms with Gasteiger partial charge in [-0.2, -0.15) is 0 Å². The monoisotopic (exact) mass is 531 g/mol. The molecular formula is C26H20Cl3NO5. The molecule has 1 aliphatic heterocycles. The summed E-state index contributed by atoms with van der Waals surface area (Å²) in [6.45, 7) is 1.89. The number of hydrogen-bond acceptors (Lipinski definition) is 5. The highest BCUT2D eigenvalue weighted by molar-refractivity contribution is 6.52. The predicted octanol–water partition coefficient (Wildman–Crippen LogP) is 6.60. The van der Waals surface area contributed by atoms with E-state index in [2.05, 4.69) is 0 Å². The Bertz CT molecular complexity index is 1370. The molecule has 6 nitrogen and oxygen atoms in total. The number of amides is 1. The second-order valence-electron chi connectivity index (χ2n) is 7.85. The van der Waals surface area contributed by atoms with Gasteiger partial charge in [-0.1, -0.05) is 64.6 Å². The molecule has 0 aliphatic carbocycles. The number of aliphatic hydroxyl groups excluding tert-OH is 1. The zero-order valence-corrected chi connectivity index (χ0v) is 21.2. The average molecular weight is 533 g/mol. The number of ether oxygens (including phenoxy) is 2. The topological polar surface area (TPSA) is 76.1 Å². The molecule has 35 heavy (non-hydrogen) atoms. The standard InChI is InChI=1S/C26H20Cl3NO5/c1-13-5-4-6-14(11-13)21-19(23(32)26(33)30(21)16-9-7-15(27)8-10-16)22(31)17-12-18(28)25(35-3)20(29)24(17)34-2/h4-12,21,31H,1-3H3/b22-19+. The Morgan fingerprint density at radius 1 is 0.943 bits per heavy atom. The molecule has 1 atom stereocenters. The largest absolute Gasteiger partial charge is 0.507 e. The lowest BCUT2D eigenvalue weighted by Gasteiger charge is -2.26. The first-order chi connectivity index (χ1) is 16.7. The maximum Gasteiger partial charge on any atom is 0.300 e. The summed E-state index contributed by atoms with van der Waals surface area (Å²) in [5, 5.41) is 12.1. The number of carbonyl (C=O) groups excluding carboxylic acids is 2. The summed E-state index contributed by atoms with van der Waals surface area (Å²) >= 11 is 18.8. The Morgan fingerprint density at radius 2 is 1.60 bits per heavy atom. The summed E-state index contributed by atoms with van der Waals surface area (Å²) in [5.41, 5.74) is 1.91. The number of aryl methyl sites for hydroxylation is 1. The molecule has 180 valence electrons. The number of methoxy groups -OCH3 is 2. The molecule has 0 radical (unpaired) electrons. The summed E-state index contributed by atoms with van der Waals surface area (Å²) in [4.78, 5) is 28.0. The van der Waals surface area contributed by atoms with Crippen LogP contribution in [0.5, 0.6) is 11.5 Å². The van der Waals surface area contributed by atoms with Crippen LogP contribution in [0.15, 0.2) is 60.2 Å². The number of Topliss-reactive ketones (excluding diaryl/α,β-unsaturated/α-hetero) is 1. The Morgan fingerprint density at radius 3 is 2.20 bits per heavy atom. The van der Waals surface area contributed by atoms with Gasteiger partial charge in [-0.25, -0.2) is 0 Å². The number of carbonyl (C=O) groups is 2. The molecule has 0 spiro atoms. The summed E-state index contributed by atoms with van der Waals surface area (Å²) < 4.78 is 10.6. The first-order valence-corrected chi connectivity index (χ1v) is 11.6. The van der Waals surface area contributed by atoms with E-state index in [-0.39, 0.29) is 32.7 Å². The van der Waals surface area contributed by atoms with Crippen LogP contribution in [0.4, 0.5) is 5.69 Å². The van der Waals surface area contributed by atoms with E-state index in [0.29, 0.717) is 16.3 Å². The molecule has 3 aromatic rings. The predicted molar refractivity (Wildman–Crippen MR) is 137 cm³/mol. The van der Waals surface area contributed by atoms with Crippen LogP contribution >= 0.6 is 34.8 Å². The van der Waals surface area contributed by atoms with Gasteiger partial charge >= 0.3 is 0 Å². The van der Waals surface area contributed by atoms with E-state index < -0.39 is 23.5 Å². The number of hydrogen-bond donors (Lipinski definition) is 1. The number of halogens is 3. The Kier molecular flexibility index (Phi) is 6.99. The van der Waals surface area contributed by atoms with E-state index in [4.69, 9.17) is 44.3 Å². The first kappa shape index (κ1) is 24.9. The van der Waals surface area contributed by atoms with Gasteiger partial charge in [0.1, 0.15) is 10.8 Å². The zero-order valence-electron chi connectivity index (χ0n) is 18.9. The minimum atomic E-state index is -0.930. The van der Waals surface area contributed by atoms with Crippen molar-refractivity contribution in [2.24, 2.45) is 0 Å². The molecule has 1 aliphatic rings. The molecule has 4 rings (SSSR count). The molecule has 0 aromatic heterocycles. The molecule has 0 bridgehead atoms. The van der Waals surface area contributed by atoms with Crippen LogP contribution in [0.3, 0.4) is 0 Å². The molecule has 0 saturated carbocycles. The van der Waals surface area contributed by atoms with Crippen molar-refractivity contribution in [3.05, 3.63) is 91.9 Å². The van der Waals surface area contributed by atoms with Crippen LogP contribution in [0.1, 0.15) is 22.7 Å². The van der Waals surface area contributed by atoms with E-state index >= 15 is 0 Å². The maximum absolute atomic E-state index is 13.4. The van der Waals surface area contributed by atoms with Gasteiger partial charge in [-0.15, -0.1) is 0 Å². The highest BCUT2D eigenvalue weighted by Gasteiger charge is 2.47. The smallest absolute Gasteiger partial charge is 0.300 e. The third-order valence-electron chi connectivity index (χ3n) is 5.70. The van der Waals surface area contributed by atoms with Crippen molar-refractivity contribution in [2.75, 3.05) is 19.1 Å². The Labute approximate surface area is 217 Å². The Hall–Kier alpha value is -3.19. The van der Waals surface area contributed by atoms with Gasteiger partial charge in [-0.05, 0) is 42.8 Å². The van der Waals surface area contributed by atoms with Crippen LogP contribution in [0, 0.1) is 6.92 Å². The molecular weight excluding hydrogens is 513 g/mol. The van der Waals surface area contributed by atoms with Crippen LogP contribution in [-0.2, 0) is 9.59 Å². The summed E-state index contributed by atoms with van der Waals surface area (Å²) in [6.07, 6.45) is 0. The third-order valence-corrected chi connectivity index (χ3v) is 6.58. The second kappa shape index (κ2) is 9.82. The summed E-state index contributed by atoms with van der Waals surface area (Å²) in [5.74, 6) is -1.95. The first-order valence-electron chi connectivity index (χ1n) is 10.4. The summed E-state index contributed by atoms with van der Waals surface area (Å²) in [6, 6.07) is 14.3. The fraction of sp³-hybridized carbons (Fsp3) is 0.154. The number of anilines is 1. The van der Waals surface area contributed by atoms with Gasteiger partial charge in [0.15, 0.2) is 11.5 Å². The molecule has 1 fully saturated rings. The van der Waals surface area contributed by atoms with Crippen molar-refractivity contribution in [3.63, 3.8) is 0 Å². The highest BCUT2D eigenvalue weighted by Crippen LogP contribution is 2.48. The van der Waals surface area contributed by atoms with Gasteiger partial charge in [-0.3, -0.25) is 14.5 Å². The lowest BCUT2D eigenvalue weighted by Crippen LogP contribution is -2.29. The van der Waals surface area contributed by atoms with Gasteiger partial charge in [0.25, 0.3) is 11.7 Å². The van der Waals surface area contributed by atoms with Crippen molar-refractivity contribution in [3.8, 4) is 11.5 Å². The third kappa shape index (κ3) is 4.33. The van der Waals surface area contributed by atoms with Crippen LogP contribution in [0.2, 0.25) is 15.1 Å². The Balaban J connectivity index is 2.02. The lowest BCUT2D eigenvalue weighted by atomic mass is 9.94. The van der Waals surface area contributed by atoms with E-state index in [9.17, 15) is 14.7 Å². The number of benzene rings is 3. The van der Waals surface area contributed by atoms with E-state index in [1.54, 1.807) is 30.3 Å². The van der Waals surface area contributed by atoms with Crippen molar-refractivity contribution in [1.29, 1.82) is 0 Å². The van der Waals surface area contributed by atoms with Gasteiger partial charge < -0.3 is 14.6 Å². The van der Waals surface area contributed by atoms with E-state index in [1.807, 2.05) is 25.1 Å². The van der Waals surface area contributed by atoms with E-state index in [1.165, 1.54) is 25.2 Å². The normalized spacial score (nSPS) is 17.1. The lowest BCUT2D eigenvalue weighted by molar-refractivity contribution is -0.132. The SMILES string of the molecule is COc1c(Cl)cc(/C(O)=C2\C(=O)C(=O)N(c3ccc(Cl)cc3)C2c2cccc(C)c2)c(OC)c1Cl. The molecule has 3 aromatic carbocycles. The van der Waals surface area contributed by atoms with E-state index in [0.717, 1.165) is 5.56 Å². The molecule has 9 heteroatoms. The second-order valence-corrected chi connectivity index (χ2v) is 9.07. The molecule has 1 N–H and O–H groups in total. The fourth-order valence-electron chi connectivity index (χ4n) is 4.15. The van der Waals surface area contributed by atoms with Crippen LogP contribution in [0.25, 0.3) is 5.76 Å². The number of ketones is 1. The van der Waals surface area contributed by atoms with Crippen LogP contribution in [-0.4, -0.2) is 31.0 Å². The maximum atomic E-state index is 13.4. The minimum Gasteiger partial charge on any atom is -0.507 e. The van der Waals surface area contributed by atoms with Gasteiger partial charge in [0.05, 0.1) is 36.4 Å². The summed E-state index contributed by atoms with van der Waals surface area (Å²) in [7, 11) is 2.75. The fourth-order valence-corrected chi connectivity index (χ4v) is 4.96. The van der Waals surface area contributed by atoms with Crippen molar-refractivity contribution >= 4 is 57.9 Å². The van der Waals surface area contributed by atoms with Crippen molar-refractivity contribution in [1.82, 2.24) is 0 Å². The quantitative estimate of drug-likeness (QED) is 0.228. The number of nitrogens with zero attached hydrogens (tertiary/aromatic N) is 1. The van der Waals surface area contributed by atoms with Crippen molar-refractivity contribution in [2.45, 2.75) is 13.0 Å². The minimum absolute atomic E-state index is 0.0167. The van der Waals surface area contributed by atoms with Crippen molar-refractivity contribution < 1.29 is 24.2 Å². The molecule has 1 saturated heterocycles. The number of aliphatic hydroxyl groups is 1. The highest BCUT2D eigenvalue weighted by atomic mass is 35.5. The van der Waals surface area contributed by atoms with Crippen LogP contribution < -0.4 is 14.4 Å². The molecule has 1 unspecified atom stereocenters. The molecule has 1 amide bonds. The van der Waals surface area contributed by atoms with Gasteiger partial charge in [0.2, 0.25) is 0 Å². The average Bonchev–Trinajstić information content (AvgIpc) is 3.09. The molecule has 1 heterocycles.